The molecule has 2 rings (SSSR count). The van der Waals surface area contributed by atoms with Crippen LogP contribution in [-0.2, 0) is 0 Å². The van der Waals surface area contributed by atoms with Crippen LogP contribution < -0.4 is 4.90 Å². The molecule has 1 fully saturated rings. The number of nitriles is 1. The molecule has 0 bridgehead atoms. The van der Waals surface area contributed by atoms with Crippen LogP contribution in [0.1, 0.15) is 19.0 Å². The van der Waals surface area contributed by atoms with Crippen molar-refractivity contribution in [3.8, 4) is 6.07 Å². The first-order chi connectivity index (χ1) is 7.70. The minimum absolute atomic E-state index is 0.192. The smallest absolute Gasteiger partial charge is 0.140 e. The Morgan fingerprint density at radius 2 is 2.38 bits per heavy atom. The molecule has 0 spiro atoms. The van der Waals surface area contributed by atoms with Gasteiger partial charge in [0.1, 0.15) is 11.8 Å². The monoisotopic (exact) mass is 217 g/mol. The van der Waals surface area contributed by atoms with Crippen molar-refractivity contribution in [1.82, 2.24) is 4.98 Å². The minimum Gasteiger partial charge on any atom is -0.393 e. The van der Waals surface area contributed by atoms with Crippen molar-refractivity contribution in [2.24, 2.45) is 5.92 Å². The number of pyridine rings is 1. The average Bonchev–Trinajstić information content (AvgIpc) is 2.33. The number of rotatable bonds is 1. The van der Waals surface area contributed by atoms with Crippen LogP contribution in [0.2, 0.25) is 0 Å². The third kappa shape index (κ3) is 2.15. The maximum absolute atomic E-state index is 9.64. The van der Waals surface area contributed by atoms with Gasteiger partial charge in [-0.3, -0.25) is 0 Å². The van der Waals surface area contributed by atoms with Crippen LogP contribution in [0.3, 0.4) is 0 Å². The zero-order chi connectivity index (χ0) is 11.5. The van der Waals surface area contributed by atoms with Crippen molar-refractivity contribution in [3.05, 3.63) is 24.0 Å². The van der Waals surface area contributed by atoms with Gasteiger partial charge in [-0.1, -0.05) is 6.92 Å². The zero-order valence-corrected chi connectivity index (χ0v) is 9.30. The van der Waals surface area contributed by atoms with E-state index in [1.54, 1.807) is 12.3 Å². The lowest BCUT2D eigenvalue weighted by Gasteiger charge is -2.35. The summed E-state index contributed by atoms with van der Waals surface area (Å²) in [6, 6.07) is 5.64. The molecule has 1 aromatic rings. The Hall–Kier alpha value is -1.60. The summed E-state index contributed by atoms with van der Waals surface area (Å²) in [6.07, 6.45) is 2.33. The van der Waals surface area contributed by atoms with Gasteiger partial charge in [0.25, 0.3) is 0 Å². The highest BCUT2D eigenvalue weighted by Gasteiger charge is 2.24. The summed E-state index contributed by atoms with van der Waals surface area (Å²) >= 11 is 0. The summed E-state index contributed by atoms with van der Waals surface area (Å²) in [7, 11) is 0. The van der Waals surface area contributed by atoms with Gasteiger partial charge in [0, 0.05) is 13.1 Å². The molecule has 2 atom stereocenters. The van der Waals surface area contributed by atoms with Crippen LogP contribution in [0.5, 0.6) is 0 Å². The first-order valence-electron chi connectivity index (χ1n) is 5.50. The van der Waals surface area contributed by atoms with E-state index >= 15 is 0 Å². The molecule has 0 aromatic carbocycles. The van der Waals surface area contributed by atoms with Gasteiger partial charge in [0.2, 0.25) is 0 Å². The maximum Gasteiger partial charge on any atom is 0.140 e. The van der Waals surface area contributed by atoms with Gasteiger partial charge < -0.3 is 10.0 Å². The lowest BCUT2D eigenvalue weighted by Crippen LogP contribution is -2.41. The Kier molecular flexibility index (Phi) is 3.07. The van der Waals surface area contributed by atoms with Crippen molar-refractivity contribution in [1.29, 1.82) is 5.26 Å². The molecule has 1 saturated heterocycles. The molecule has 84 valence electrons. The molecule has 0 radical (unpaired) electrons. The van der Waals surface area contributed by atoms with E-state index in [0.717, 1.165) is 25.2 Å². The molecule has 0 amide bonds. The second kappa shape index (κ2) is 4.50. The molecule has 0 saturated carbocycles. The standard InChI is InChI=1S/C12H15N3O/c1-9-8-15(5-4-12(9)16)11-3-2-10(6-13)14-7-11/h2-3,7,9,12,16H,4-5,8H2,1H3. The quantitative estimate of drug-likeness (QED) is 0.766. The second-order valence-corrected chi connectivity index (χ2v) is 4.29. The number of hydrogen-bond acceptors (Lipinski definition) is 4. The third-order valence-electron chi connectivity index (χ3n) is 3.09. The van der Waals surface area contributed by atoms with E-state index in [2.05, 4.69) is 9.88 Å². The fourth-order valence-corrected chi connectivity index (χ4v) is 2.01. The van der Waals surface area contributed by atoms with E-state index in [0.29, 0.717) is 5.69 Å². The highest BCUT2D eigenvalue weighted by Crippen LogP contribution is 2.22. The number of piperidine rings is 1. The number of aromatic nitrogens is 1. The largest absolute Gasteiger partial charge is 0.393 e. The number of nitrogens with zero attached hydrogens (tertiary/aromatic N) is 3. The summed E-state index contributed by atoms with van der Waals surface area (Å²) in [5.41, 5.74) is 1.46. The van der Waals surface area contributed by atoms with E-state index in [9.17, 15) is 5.11 Å². The van der Waals surface area contributed by atoms with Crippen LogP contribution in [0.15, 0.2) is 18.3 Å². The fourth-order valence-electron chi connectivity index (χ4n) is 2.01. The van der Waals surface area contributed by atoms with Crippen LogP contribution in [0.4, 0.5) is 5.69 Å². The van der Waals surface area contributed by atoms with E-state index < -0.39 is 0 Å². The van der Waals surface area contributed by atoms with Gasteiger partial charge in [-0.25, -0.2) is 4.98 Å². The molecule has 4 nitrogen and oxygen atoms in total. The van der Waals surface area contributed by atoms with E-state index in [4.69, 9.17) is 5.26 Å². The Balaban J connectivity index is 2.10. The summed E-state index contributed by atoms with van der Waals surface area (Å²) in [5.74, 6) is 0.282. The lowest BCUT2D eigenvalue weighted by molar-refractivity contribution is 0.0971. The molecule has 16 heavy (non-hydrogen) atoms. The van der Waals surface area contributed by atoms with E-state index in [-0.39, 0.29) is 12.0 Å². The molecule has 2 heterocycles. The van der Waals surface area contributed by atoms with Gasteiger partial charge >= 0.3 is 0 Å². The molecule has 1 aliphatic heterocycles. The SMILES string of the molecule is CC1CN(c2ccc(C#N)nc2)CCC1O. The highest BCUT2D eigenvalue weighted by molar-refractivity contribution is 5.46. The van der Waals surface area contributed by atoms with Gasteiger partial charge in [-0.15, -0.1) is 0 Å². The highest BCUT2D eigenvalue weighted by atomic mass is 16.3. The van der Waals surface area contributed by atoms with E-state index in [1.165, 1.54) is 0 Å². The molecule has 1 N–H and O–H groups in total. The normalized spacial score (nSPS) is 25.2. The second-order valence-electron chi connectivity index (χ2n) is 4.29. The first kappa shape index (κ1) is 10.9. The van der Waals surface area contributed by atoms with Crippen molar-refractivity contribution in [2.45, 2.75) is 19.4 Å². The van der Waals surface area contributed by atoms with Gasteiger partial charge in [-0.2, -0.15) is 5.26 Å². The van der Waals surface area contributed by atoms with Crippen LogP contribution in [0.25, 0.3) is 0 Å². The summed E-state index contributed by atoms with van der Waals surface area (Å²) < 4.78 is 0. The fraction of sp³-hybridized carbons (Fsp3) is 0.500. The van der Waals surface area contributed by atoms with Crippen LogP contribution >= 0.6 is 0 Å². The Morgan fingerprint density at radius 3 is 2.94 bits per heavy atom. The molecular weight excluding hydrogens is 202 g/mol. The molecule has 0 aliphatic carbocycles. The first-order valence-corrected chi connectivity index (χ1v) is 5.50. The molecular formula is C12H15N3O. The van der Waals surface area contributed by atoms with Gasteiger partial charge in [-0.05, 0) is 24.5 Å². The lowest BCUT2D eigenvalue weighted by atomic mass is 9.96. The Bertz CT molecular complexity index is 396. The number of aliphatic hydroxyl groups is 1. The van der Waals surface area contributed by atoms with Crippen molar-refractivity contribution >= 4 is 5.69 Å². The number of aliphatic hydroxyl groups excluding tert-OH is 1. The van der Waals surface area contributed by atoms with Gasteiger partial charge in [0.15, 0.2) is 0 Å². The maximum atomic E-state index is 9.64. The third-order valence-corrected chi connectivity index (χ3v) is 3.09. The van der Waals surface area contributed by atoms with Crippen LogP contribution in [-0.4, -0.2) is 29.3 Å². The van der Waals surface area contributed by atoms with E-state index in [1.807, 2.05) is 19.1 Å². The molecule has 2 unspecified atom stereocenters. The summed E-state index contributed by atoms with van der Waals surface area (Å²) in [5, 5.41) is 18.3. The Labute approximate surface area is 95.1 Å². The number of anilines is 1. The Morgan fingerprint density at radius 1 is 1.56 bits per heavy atom. The molecule has 1 aromatic heterocycles. The average molecular weight is 217 g/mol. The minimum atomic E-state index is -0.192. The predicted octanol–water partition coefficient (Wildman–Crippen LogP) is 1.16. The van der Waals surface area contributed by atoms with Gasteiger partial charge in [0.05, 0.1) is 18.0 Å². The molecule has 4 heteroatoms. The predicted molar refractivity (Wildman–Crippen MR) is 61.0 cm³/mol. The van der Waals surface area contributed by atoms with Crippen LogP contribution in [0, 0.1) is 17.2 Å². The van der Waals surface area contributed by atoms with Crippen molar-refractivity contribution in [2.75, 3.05) is 18.0 Å². The van der Waals surface area contributed by atoms with Crippen molar-refractivity contribution in [3.63, 3.8) is 0 Å². The summed E-state index contributed by atoms with van der Waals surface area (Å²) in [4.78, 5) is 6.25. The topological polar surface area (TPSA) is 60.2 Å². The molecule has 1 aliphatic rings. The van der Waals surface area contributed by atoms with Crippen molar-refractivity contribution < 1.29 is 5.11 Å². The zero-order valence-electron chi connectivity index (χ0n) is 9.30. The summed E-state index contributed by atoms with van der Waals surface area (Å²) in [6.45, 7) is 3.74. The number of hydrogen-bond donors (Lipinski definition) is 1.